The number of carboxylic acids is 1. The Kier molecular flexibility index (Phi) is 6.17. The summed E-state index contributed by atoms with van der Waals surface area (Å²) in [6, 6.07) is 11.1. The molecule has 0 radical (unpaired) electrons. The molecule has 0 heterocycles. The maximum atomic E-state index is 13.3. The molecule has 156 valence electrons. The average Bonchev–Trinajstić information content (AvgIpc) is 2.97. The molecule has 1 N–H and O–H groups in total. The van der Waals surface area contributed by atoms with Gasteiger partial charge in [0.2, 0.25) is 0 Å². The van der Waals surface area contributed by atoms with E-state index in [1.165, 1.54) is 6.07 Å². The first-order valence-corrected chi connectivity index (χ1v) is 9.50. The van der Waals surface area contributed by atoms with Crippen LogP contribution in [-0.2, 0) is 15.7 Å². The highest BCUT2D eigenvalue weighted by atomic mass is 19.4. The number of fused-ring (bicyclic) bond motifs is 1. The molecule has 4 nitrogen and oxygen atoms in total. The van der Waals surface area contributed by atoms with Crippen molar-refractivity contribution in [3.8, 4) is 5.75 Å². The van der Waals surface area contributed by atoms with Crippen molar-refractivity contribution < 1.29 is 32.5 Å². The van der Waals surface area contributed by atoms with E-state index in [4.69, 9.17) is 14.6 Å². The molecule has 0 aromatic heterocycles. The molecule has 2 aromatic carbocycles. The summed E-state index contributed by atoms with van der Waals surface area (Å²) in [6.45, 7) is 3.95. The molecule has 3 atom stereocenters. The van der Waals surface area contributed by atoms with Crippen LogP contribution in [0, 0.1) is 0 Å². The molecule has 0 amide bonds. The van der Waals surface area contributed by atoms with Crippen LogP contribution in [0.1, 0.15) is 67.1 Å². The van der Waals surface area contributed by atoms with Crippen LogP contribution in [-0.4, -0.2) is 17.7 Å². The Morgan fingerprint density at radius 1 is 1.21 bits per heavy atom. The summed E-state index contributed by atoms with van der Waals surface area (Å²) >= 11 is 0. The Morgan fingerprint density at radius 3 is 2.48 bits per heavy atom. The molecule has 2 aromatic rings. The number of hydrogen-bond donors (Lipinski definition) is 1. The lowest BCUT2D eigenvalue weighted by Crippen LogP contribution is -2.11. The lowest BCUT2D eigenvalue weighted by atomic mass is 9.97. The predicted octanol–water partition coefficient (Wildman–Crippen LogP) is 5.89. The summed E-state index contributed by atoms with van der Waals surface area (Å²) in [5.74, 6) is -0.701. The van der Waals surface area contributed by atoms with Crippen molar-refractivity contribution in [3.63, 3.8) is 0 Å². The summed E-state index contributed by atoms with van der Waals surface area (Å²) in [5, 5.41) is 9.03. The van der Waals surface area contributed by atoms with E-state index < -0.39 is 29.9 Å². The smallest absolute Gasteiger partial charge is 0.416 e. The summed E-state index contributed by atoms with van der Waals surface area (Å²) in [5.41, 5.74) is 0.979. The van der Waals surface area contributed by atoms with Gasteiger partial charge in [0.25, 0.3) is 0 Å². The lowest BCUT2D eigenvalue weighted by Gasteiger charge is -2.18. The topological polar surface area (TPSA) is 55.8 Å². The van der Waals surface area contributed by atoms with Gasteiger partial charge in [-0.25, -0.2) is 0 Å². The van der Waals surface area contributed by atoms with Crippen LogP contribution < -0.4 is 4.74 Å². The van der Waals surface area contributed by atoms with Crippen molar-refractivity contribution in [2.75, 3.05) is 6.61 Å². The van der Waals surface area contributed by atoms with Gasteiger partial charge < -0.3 is 14.6 Å². The van der Waals surface area contributed by atoms with Crippen molar-refractivity contribution in [1.29, 1.82) is 0 Å². The van der Waals surface area contributed by atoms with E-state index in [0.29, 0.717) is 35.5 Å². The number of carbonyl (C=O) groups is 1. The van der Waals surface area contributed by atoms with Crippen LogP contribution in [0.15, 0.2) is 42.5 Å². The van der Waals surface area contributed by atoms with Gasteiger partial charge in [-0.3, -0.25) is 4.79 Å². The van der Waals surface area contributed by atoms with Crippen LogP contribution in [0.3, 0.4) is 0 Å². The van der Waals surface area contributed by atoms with Crippen LogP contribution in [0.2, 0.25) is 0 Å². The van der Waals surface area contributed by atoms with Gasteiger partial charge in [0, 0.05) is 6.61 Å². The molecule has 1 aliphatic carbocycles. The third-order valence-corrected chi connectivity index (χ3v) is 5.11. The molecule has 0 saturated heterocycles. The summed E-state index contributed by atoms with van der Waals surface area (Å²) in [7, 11) is 0. The Bertz CT molecular complexity index is 861. The maximum Gasteiger partial charge on any atom is 0.416 e. The summed E-state index contributed by atoms with van der Waals surface area (Å²) < 4.78 is 51.5. The van der Waals surface area contributed by atoms with E-state index in [0.717, 1.165) is 6.07 Å². The highest BCUT2D eigenvalue weighted by Gasteiger charge is 2.40. The molecule has 29 heavy (non-hydrogen) atoms. The zero-order valence-electron chi connectivity index (χ0n) is 16.2. The van der Waals surface area contributed by atoms with Crippen molar-refractivity contribution in [2.24, 2.45) is 0 Å². The monoisotopic (exact) mass is 408 g/mol. The van der Waals surface area contributed by atoms with Crippen molar-refractivity contribution in [2.45, 2.75) is 51.0 Å². The highest BCUT2D eigenvalue weighted by Crippen LogP contribution is 2.47. The second kappa shape index (κ2) is 8.45. The van der Waals surface area contributed by atoms with Gasteiger partial charge >= 0.3 is 12.1 Å². The molecule has 0 aliphatic heterocycles. The van der Waals surface area contributed by atoms with Gasteiger partial charge in [-0.15, -0.1) is 0 Å². The highest BCUT2D eigenvalue weighted by molar-refractivity contribution is 5.67. The normalized spacial score (nSPS) is 19.6. The number of hydrogen-bond acceptors (Lipinski definition) is 3. The minimum Gasteiger partial charge on any atom is -0.486 e. The molecule has 7 heteroatoms. The SMILES string of the molecule is CCO[C@@H](CC(=O)O)c1ccc(O[C@@H]2C[C@@H](C)c3c2cccc3C(F)(F)F)cc1. The fourth-order valence-corrected chi connectivity index (χ4v) is 3.90. The third kappa shape index (κ3) is 4.72. The number of alkyl halides is 3. The van der Waals surface area contributed by atoms with Gasteiger partial charge in [0.15, 0.2) is 0 Å². The van der Waals surface area contributed by atoms with Crippen molar-refractivity contribution in [3.05, 3.63) is 64.7 Å². The van der Waals surface area contributed by atoms with E-state index in [-0.39, 0.29) is 12.3 Å². The van der Waals surface area contributed by atoms with E-state index in [1.54, 1.807) is 44.2 Å². The molecule has 0 saturated carbocycles. The standard InChI is InChI=1S/C22H23F3O4/c1-3-28-18(12-20(26)27)14-7-9-15(10-8-14)29-19-11-13(2)21-16(19)5-4-6-17(21)22(23,24)25/h4-10,13,18-19H,3,11-12H2,1-2H3,(H,26,27)/t13-,18+,19-/m1/s1. The Labute approximate surface area is 167 Å². The first-order chi connectivity index (χ1) is 13.7. The number of halogens is 3. The molecular formula is C22H23F3O4. The van der Waals surface area contributed by atoms with Crippen molar-refractivity contribution in [1.82, 2.24) is 0 Å². The average molecular weight is 408 g/mol. The predicted molar refractivity (Wildman–Crippen MR) is 101 cm³/mol. The molecule has 0 fully saturated rings. The Morgan fingerprint density at radius 2 is 1.90 bits per heavy atom. The molecule has 0 unspecified atom stereocenters. The summed E-state index contributed by atoms with van der Waals surface area (Å²) in [6.07, 6.45) is -5.11. The van der Waals surface area contributed by atoms with Crippen molar-refractivity contribution >= 4 is 5.97 Å². The number of benzene rings is 2. The number of ether oxygens (including phenoxy) is 2. The van der Waals surface area contributed by atoms with E-state index in [9.17, 15) is 18.0 Å². The van der Waals surface area contributed by atoms with Crippen LogP contribution in [0.5, 0.6) is 5.75 Å². The third-order valence-electron chi connectivity index (χ3n) is 5.11. The molecule has 1 aliphatic rings. The quantitative estimate of drug-likeness (QED) is 0.621. The molecule has 0 spiro atoms. The number of carboxylic acid groups (broad SMARTS) is 1. The van der Waals surface area contributed by atoms with Gasteiger partial charge in [-0.05, 0) is 54.2 Å². The second-order valence-electron chi connectivity index (χ2n) is 7.16. The van der Waals surface area contributed by atoms with Crippen LogP contribution in [0.25, 0.3) is 0 Å². The number of rotatable bonds is 7. The molecule has 3 rings (SSSR count). The lowest BCUT2D eigenvalue weighted by molar-refractivity contribution is -0.140. The van der Waals surface area contributed by atoms with E-state index in [1.807, 2.05) is 0 Å². The molecule has 0 bridgehead atoms. The van der Waals surface area contributed by atoms with Gasteiger partial charge in [0.05, 0.1) is 18.1 Å². The fraction of sp³-hybridized carbons (Fsp3) is 0.409. The molecular weight excluding hydrogens is 385 g/mol. The van der Waals surface area contributed by atoms with E-state index in [2.05, 4.69) is 0 Å². The second-order valence-corrected chi connectivity index (χ2v) is 7.16. The van der Waals surface area contributed by atoms with Gasteiger partial charge in [-0.2, -0.15) is 13.2 Å². The van der Waals surface area contributed by atoms with Crippen LogP contribution in [0.4, 0.5) is 13.2 Å². The van der Waals surface area contributed by atoms with Gasteiger partial charge in [0.1, 0.15) is 11.9 Å². The first-order valence-electron chi connectivity index (χ1n) is 9.50. The maximum absolute atomic E-state index is 13.3. The zero-order chi connectivity index (χ0) is 21.2. The summed E-state index contributed by atoms with van der Waals surface area (Å²) in [4.78, 5) is 11.0. The Hall–Kier alpha value is -2.54. The zero-order valence-corrected chi connectivity index (χ0v) is 16.2. The van der Waals surface area contributed by atoms with E-state index >= 15 is 0 Å². The minimum absolute atomic E-state index is 0.151. The number of aliphatic carboxylic acids is 1. The largest absolute Gasteiger partial charge is 0.486 e. The fourth-order valence-electron chi connectivity index (χ4n) is 3.90. The Balaban J connectivity index is 1.80. The van der Waals surface area contributed by atoms with Gasteiger partial charge in [-0.1, -0.05) is 31.2 Å². The minimum atomic E-state index is -4.39. The first kappa shape index (κ1) is 21.2. The van der Waals surface area contributed by atoms with Crippen LogP contribution >= 0.6 is 0 Å².